The summed E-state index contributed by atoms with van der Waals surface area (Å²) >= 11 is 5.43. The predicted molar refractivity (Wildman–Crippen MR) is 116 cm³/mol. The fourth-order valence-electron chi connectivity index (χ4n) is 4.06. The molecule has 4 rings (SSSR count). The highest BCUT2D eigenvalue weighted by Gasteiger charge is 2.40. The summed E-state index contributed by atoms with van der Waals surface area (Å²) in [4.78, 5) is 0. The Balaban J connectivity index is 1.57. The van der Waals surface area contributed by atoms with Crippen molar-refractivity contribution in [3.05, 3.63) is 53.6 Å². The Bertz CT molecular complexity index is 920. The van der Waals surface area contributed by atoms with Crippen LogP contribution in [-0.4, -0.2) is 21.5 Å². The Labute approximate surface area is 170 Å². The smallest absolute Gasteiger partial charge is 0.191 e. The number of hydrogen-bond donors (Lipinski definition) is 3. The summed E-state index contributed by atoms with van der Waals surface area (Å²) in [5, 5.41) is 18.2. The van der Waals surface area contributed by atoms with Crippen molar-refractivity contribution >= 4 is 28.7 Å². The van der Waals surface area contributed by atoms with Crippen LogP contribution < -0.4 is 15.5 Å². The second kappa shape index (κ2) is 7.80. The number of nitrogens with one attached hydrogen (secondary N) is 2. The molecular formula is C22H25N3O2S. The third-order valence-electron chi connectivity index (χ3n) is 5.54. The molecule has 1 fully saturated rings. The SMILES string of the molecule is Cc1ccccc1NC(=S)N/N=C1/CC2(CCCCC2)Oc2ccc(O)cc21. The lowest BCUT2D eigenvalue weighted by Gasteiger charge is -2.41. The number of phenolic OH excluding ortho intramolecular Hbond substituents is 1. The Morgan fingerprint density at radius 1 is 1.14 bits per heavy atom. The van der Waals surface area contributed by atoms with E-state index >= 15 is 0 Å². The summed E-state index contributed by atoms with van der Waals surface area (Å²) in [7, 11) is 0. The monoisotopic (exact) mass is 395 g/mol. The number of nitrogens with zero attached hydrogens (tertiary/aromatic N) is 1. The number of hydrogen-bond acceptors (Lipinski definition) is 4. The average Bonchev–Trinajstić information content (AvgIpc) is 2.69. The summed E-state index contributed by atoms with van der Waals surface area (Å²) in [5.74, 6) is 0.986. The number of anilines is 1. The molecular weight excluding hydrogens is 370 g/mol. The summed E-state index contributed by atoms with van der Waals surface area (Å²) in [5.41, 5.74) is 6.54. The van der Waals surface area contributed by atoms with Gasteiger partial charge in [-0.3, -0.25) is 5.43 Å². The number of rotatable bonds is 2. The van der Waals surface area contributed by atoms with Crippen LogP contribution in [0.4, 0.5) is 5.69 Å². The van der Waals surface area contributed by atoms with Crippen LogP contribution in [-0.2, 0) is 0 Å². The van der Waals surface area contributed by atoms with Gasteiger partial charge in [-0.2, -0.15) is 5.10 Å². The zero-order chi connectivity index (χ0) is 19.6. The molecule has 2 aromatic rings. The summed E-state index contributed by atoms with van der Waals surface area (Å²) in [6.07, 6.45) is 6.35. The van der Waals surface area contributed by atoms with Gasteiger partial charge in [0, 0.05) is 17.7 Å². The molecule has 28 heavy (non-hydrogen) atoms. The van der Waals surface area contributed by atoms with Crippen LogP contribution in [0.1, 0.15) is 49.7 Å². The van der Waals surface area contributed by atoms with Crippen LogP contribution in [0.3, 0.4) is 0 Å². The van der Waals surface area contributed by atoms with Crippen molar-refractivity contribution in [3.8, 4) is 11.5 Å². The van der Waals surface area contributed by atoms with Gasteiger partial charge in [0.05, 0.1) is 5.71 Å². The molecule has 2 aromatic carbocycles. The summed E-state index contributed by atoms with van der Waals surface area (Å²) in [6, 6.07) is 13.2. The molecule has 1 aliphatic carbocycles. The van der Waals surface area contributed by atoms with Crippen LogP contribution in [0, 0.1) is 6.92 Å². The van der Waals surface area contributed by atoms with Crippen molar-refractivity contribution in [1.82, 2.24) is 5.43 Å². The molecule has 0 aromatic heterocycles. The van der Waals surface area contributed by atoms with Crippen molar-refractivity contribution in [3.63, 3.8) is 0 Å². The largest absolute Gasteiger partial charge is 0.508 e. The molecule has 6 heteroatoms. The van der Waals surface area contributed by atoms with E-state index in [1.54, 1.807) is 12.1 Å². The number of benzene rings is 2. The van der Waals surface area contributed by atoms with Gasteiger partial charge >= 0.3 is 0 Å². The number of phenols is 1. The van der Waals surface area contributed by atoms with Gasteiger partial charge in [-0.05, 0) is 74.7 Å². The van der Waals surface area contributed by atoms with Crippen molar-refractivity contribution in [1.29, 1.82) is 0 Å². The molecule has 1 saturated carbocycles. The van der Waals surface area contributed by atoms with Crippen LogP contribution in [0.5, 0.6) is 11.5 Å². The normalized spacial score (nSPS) is 19.0. The van der Waals surface area contributed by atoms with Gasteiger partial charge in [-0.15, -0.1) is 0 Å². The van der Waals surface area contributed by atoms with Crippen molar-refractivity contribution in [2.24, 2.45) is 5.10 Å². The Morgan fingerprint density at radius 3 is 2.71 bits per heavy atom. The molecule has 0 radical (unpaired) electrons. The molecule has 1 aliphatic heterocycles. The minimum atomic E-state index is -0.201. The molecule has 2 aliphatic rings. The van der Waals surface area contributed by atoms with Crippen LogP contribution in [0.2, 0.25) is 0 Å². The number of hydrazone groups is 1. The minimum Gasteiger partial charge on any atom is -0.508 e. The zero-order valence-corrected chi connectivity index (χ0v) is 16.8. The molecule has 1 heterocycles. The lowest BCUT2D eigenvalue weighted by Crippen LogP contribution is -2.44. The maximum atomic E-state index is 9.94. The van der Waals surface area contributed by atoms with Gasteiger partial charge in [0.1, 0.15) is 17.1 Å². The van der Waals surface area contributed by atoms with E-state index in [-0.39, 0.29) is 11.4 Å². The molecule has 0 saturated heterocycles. The average molecular weight is 396 g/mol. The fraction of sp³-hybridized carbons (Fsp3) is 0.364. The molecule has 0 bridgehead atoms. The zero-order valence-electron chi connectivity index (χ0n) is 16.0. The maximum absolute atomic E-state index is 9.94. The van der Waals surface area contributed by atoms with E-state index in [4.69, 9.17) is 17.0 Å². The quantitative estimate of drug-likeness (QED) is 0.500. The number of fused-ring (bicyclic) bond motifs is 1. The molecule has 1 spiro atoms. The number of aromatic hydroxyl groups is 1. The van der Waals surface area contributed by atoms with E-state index in [0.717, 1.165) is 41.1 Å². The van der Waals surface area contributed by atoms with Crippen LogP contribution in [0.25, 0.3) is 0 Å². The highest BCUT2D eigenvalue weighted by atomic mass is 32.1. The highest BCUT2D eigenvalue weighted by Crippen LogP contribution is 2.42. The number of thiocarbonyl (C=S) groups is 1. The Morgan fingerprint density at radius 2 is 1.93 bits per heavy atom. The predicted octanol–water partition coefficient (Wildman–Crippen LogP) is 4.88. The molecule has 0 atom stereocenters. The Kier molecular flexibility index (Phi) is 5.22. The summed E-state index contributed by atoms with van der Waals surface area (Å²) < 4.78 is 6.40. The maximum Gasteiger partial charge on any atom is 0.191 e. The van der Waals surface area contributed by atoms with Gasteiger partial charge in [-0.1, -0.05) is 24.6 Å². The first-order valence-corrected chi connectivity index (χ1v) is 10.2. The van der Waals surface area contributed by atoms with Gasteiger partial charge in [0.2, 0.25) is 0 Å². The number of aryl methyl sites for hydroxylation is 1. The lowest BCUT2D eigenvalue weighted by molar-refractivity contribution is 0.0320. The van der Waals surface area contributed by atoms with Gasteiger partial charge in [0.25, 0.3) is 0 Å². The van der Waals surface area contributed by atoms with Gasteiger partial charge in [0.15, 0.2) is 5.11 Å². The minimum absolute atomic E-state index is 0.201. The van der Waals surface area contributed by atoms with E-state index in [2.05, 4.69) is 15.8 Å². The third kappa shape index (κ3) is 3.97. The first-order chi connectivity index (χ1) is 13.5. The topological polar surface area (TPSA) is 65.9 Å². The van der Waals surface area contributed by atoms with E-state index < -0.39 is 0 Å². The number of para-hydroxylation sites is 1. The second-order valence-electron chi connectivity index (χ2n) is 7.64. The van der Waals surface area contributed by atoms with Gasteiger partial charge in [-0.25, -0.2) is 0 Å². The van der Waals surface area contributed by atoms with Crippen molar-refractivity contribution < 1.29 is 9.84 Å². The highest BCUT2D eigenvalue weighted by molar-refractivity contribution is 7.80. The molecule has 146 valence electrons. The van der Waals surface area contributed by atoms with Crippen LogP contribution in [0.15, 0.2) is 47.6 Å². The van der Waals surface area contributed by atoms with E-state index in [0.29, 0.717) is 11.5 Å². The standard InChI is InChI=1S/C22H25N3O2S/c1-15-7-3-4-8-18(15)23-21(28)25-24-19-14-22(11-5-2-6-12-22)27-20-10-9-16(26)13-17(19)20/h3-4,7-10,13,26H,2,5-6,11-12,14H2,1H3,(H2,23,25,28)/b24-19-. The first-order valence-electron chi connectivity index (χ1n) is 9.76. The molecule has 0 unspecified atom stereocenters. The summed E-state index contributed by atoms with van der Waals surface area (Å²) in [6.45, 7) is 2.03. The third-order valence-corrected chi connectivity index (χ3v) is 5.73. The molecule has 0 amide bonds. The van der Waals surface area contributed by atoms with Gasteiger partial charge < -0.3 is 15.2 Å². The van der Waals surface area contributed by atoms with E-state index in [1.807, 2.05) is 37.3 Å². The molecule has 5 nitrogen and oxygen atoms in total. The first kappa shape index (κ1) is 18.7. The van der Waals surface area contributed by atoms with E-state index in [9.17, 15) is 5.11 Å². The second-order valence-corrected chi connectivity index (χ2v) is 8.05. The van der Waals surface area contributed by atoms with Crippen molar-refractivity contribution in [2.45, 2.75) is 51.0 Å². The van der Waals surface area contributed by atoms with Crippen molar-refractivity contribution in [2.75, 3.05) is 5.32 Å². The van der Waals surface area contributed by atoms with Crippen LogP contribution >= 0.6 is 12.2 Å². The Hall–Kier alpha value is -2.60. The lowest BCUT2D eigenvalue weighted by atomic mass is 9.78. The fourth-order valence-corrected chi connectivity index (χ4v) is 4.21. The van der Waals surface area contributed by atoms with E-state index in [1.165, 1.54) is 19.3 Å². The molecule has 3 N–H and O–H groups in total. The number of ether oxygens (including phenoxy) is 1.